The van der Waals surface area contributed by atoms with Gasteiger partial charge in [0.25, 0.3) is 0 Å². The van der Waals surface area contributed by atoms with E-state index in [9.17, 15) is 5.21 Å². The lowest BCUT2D eigenvalue weighted by atomic mass is 10.1. The zero-order valence-electron chi connectivity index (χ0n) is 7.04. The molecule has 12 heavy (non-hydrogen) atoms. The minimum absolute atomic E-state index is 0.681. The quantitative estimate of drug-likeness (QED) is 0.284. The van der Waals surface area contributed by atoms with E-state index < -0.39 is 0 Å². The molecule has 0 unspecified atom stereocenters. The highest BCUT2D eigenvalue weighted by molar-refractivity contribution is 6.30. The highest BCUT2D eigenvalue weighted by atomic mass is 35.5. The van der Waals surface area contributed by atoms with Crippen molar-refractivity contribution in [3.8, 4) is 0 Å². The highest BCUT2D eigenvalue weighted by Crippen LogP contribution is 2.09. The zero-order valence-corrected chi connectivity index (χ0v) is 7.80. The Balaban J connectivity index is 3.06. The van der Waals surface area contributed by atoms with Crippen LogP contribution in [0.15, 0.2) is 24.3 Å². The second-order valence-corrected chi connectivity index (χ2v) is 3.03. The number of rotatable bonds is 1. The Labute approximate surface area is 76.7 Å². The molecule has 0 amide bonds. The van der Waals surface area contributed by atoms with Crippen molar-refractivity contribution in [1.82, 2.24) is 0 Å². The van der Waals surface area contributed by atoms with E-state index in [1.165, 1.54) is 7.05 Å². The fraction of sp³-hybridized carbons (Fsp3) is 0.222. The Morgan fingerprint density at radius 2 is 1.83 bits per heavy atom. The van der Waals surface area contributed by atoms with Gasteiger partial charge in [-0.15, -0.1) is 0 Å². The van der Waals surface area contributed by atoms with Crippen LogP contribution in [0.5, 0.6) is 0 Å². The fourth-order valence-corrected chi connectivity index (χ4v) is 0.999. The molecule has 0 bridgehead atoms. The van der Waals surface area contributed by atoms with Crippen LogP contribution in [0.25, 0.3) is 0 Å². The maximum Gasteiger partial charge on any atom is 0.191 e. The normalized spacial score (nSPS) is 12.6. The molecule has 1 aromatic carbocycles. The molecule has 0 aromatic heterocycles. The summed E-state index contributed by atoms with van der Waals surface area (Å²) in [6, 6.07) is 7.19. The Morgan fingerprint density at radius 1 is 1.33 bits per heavy atom. The zero-order chi connectivity index (χ0) is 9.14. The fourth-order valence-electron chi connectivity index (χ4n) is 0.873. The van der Waals surface area contributed by atoms with Gasteiger partial charge in [0.05, 0.1) is 0 Å². The van der Waals surface area contributed by atoms with Crippen molar-refractivity contribution in [1.29, 1.82) is 0 Å². The van der Waals surface area contributed by atoms with Crippen molar-refractivity contribution < 1.29 is 4.74 Å². The summed E-state index contributed by atoms with van der Waals surface area (Å²) in [6.45, 7) is 1.77. The SMILES string of the molecule is CC(c1ccc(Cl)cc1)=[N+](C)[O-]. The predicted octanol–water partition coefficient (Wildman–Crippen LogP) is 2.29. The van der Waals surface area contributed by atoms with Gasteiger partial charge in [-0.05, 0) is 24.3 Å². The number of hydroxylamine groups is 1. The summed E-state index contributed by atoms with van der Waals surface area (Å²) in [7, 11) is 1.48. The van der Waals surface area contributed by atoms with Gasteiger partial charge in [0.1, 0.15) is 7.05 Å². The van der Waals surface area contributed by atoms with Crippen molar-refractivity contribution in [2.45, 2.75) is 6.92 Å². The lowest BCUT2D eigenvalue weighted by Gasteiger charge is -2.02. The third-order valence-electron chi connectivity index (χ3n) is 1.73. The molecule has 0 saturated heterocycles. The molecule has 3 heteroatoms. The molecule has 0 N–H and O–H groups in total. The predicted molar refractivity (Wildman–Crippen MR) is 50.8 cm³/mol. The van der Waals surface area contributed by atoms with E-state index in [4.69, 9.17) is 11.6 Å². The number of halogens is 1. The lowest BCUT2D eigenvalue weighted by molar-refractivity contribution is -0.422. The van der Waals surface area contributed by atoms with Crippen LogP contribution in [0.3, 0.4) is 0 Å². The van der Waals surface area contributed by atoms with Crippen molar-refractivity contribution in [3.63, 3.8) is 0 Å². The molecule has 2 nitrogen and oxygen atoms in total. The van der Waals surface area contributed by atoms with Crippen LogP contribution in [0.2, 0.25) is 5.02 Å². The van der Waals surface area contributed by atoms with Gasteiger partial charge in [0.15, 0.2) is 5.71 Å². The van der Waals surface area contributed by atoms with Crippen molar-refractivity contribution in [3.05, 3.63) is 40.1 Å². The molecule has 0 atom stereocenters. The highest BCUT2D eigenvalue weighted by Gasteiger charge is 2.02. The first kappa shape index (κ1) is 9.07. The molecule has 0 spiro atoms. The average molecular weight is 184 g/mol. The largest absolute Gasteiger partial charge is 0.624 e. The molecular weight excluding hydrogens is 174 g/mol. The summed E-state index contributed by atoms with van der Waals surface area (Å²) < 4.78 is 0.837. The molecule has 1 aromatic rings. The van der Waals surface area contributed by atoms with Crippen LogP contribution in [0.4, 0.5) is 0 Å². The molecule has 0 aliphatic rings. The molecular formula is C9H10ClNO. The van der Waals surface area contributed by atoms with E-state index in [2.05, 4.69) is 0 Å². The minimum atomic E-state index is 0.681. The van der Waals surface area contributed by atoms with E-state index in [1.54, 1.807) is 19.1 Å². The Bertz CT molecular complexity index is 299. The summed E-state index contributed by atoms with van der Waals surface area (Å²) in [4.78, 5) is 0. The first-order valence-corrected chi connectivity index (χ1v) is 3.99. The lowest BCUT2D eigenvalue weighted by Crippen LogP contribution is -2.08. The molecule has 0 heterocycles. The number of benzene rings is 1. The number of nitrogens with zero attached hydrogens (tertiary/aromatic N) is 1. The van der Waals surface area contributed by atoms with E-state index in [1.807, 2.05) is 12.1 Å². The molecule has 0 saturated carbocycles. The summed E-state index contributed by atoms with van der Waals surface area (Å²) in [6.07, 6.45) is 0. The molecule has 0 aliphatic carbocycles. The van der Waals surface area contributed by atoms with Gasteiger partial charge in [-0.3, -0.25) is 0 Å². The third-order valence-corrected chi connectivity index (χ3v) is 1.99. The van der Waals surface area contributed by atoms with Gasteiger partial charge in [-0.2, -0.15) is 0 Å². The van der Waals surface area contributed by atoms with Gasteiger partial charge < -0.3 is 5.21 Å². The second kappa shape index (κ2) is 3.59. The van der Waals surface area contributed by atoms with Crippen LogP contribution < -0.4 is 0 Å². The third kappa shape index (κ3) is 1.98. The summed E-state index contributed by atoms with van der Waals surface area (Å²) in [5, 5.41) is 11.6. The van der Waals surface area contributed by atoms with Crippen molar-refractivity contribution in [2.75, 3.05) is 7.05 Å². The summed E-state index contributed by atoms with van der Waals surface area (Å²) in [5.41, 5.74) is 1.59. The molecule has 64 valence electrons. The van der Waals surface area contributed by atoms with Crippen LogP contribution >= 0.6 is 11.6 Å². The van der Waals surface area contributed by atoms with Crippen LogP contribution in [0.1, 0.15) is 12.5 Å². The maximum atomic E-state index is 10.9. The van der Waals surface area contributed by atoms with E-state index >= 15 is 0 Å². The molecule has 1 rings (SSSR count). The van der Waals surface area contributed by atoms with Crippen molar-refractivity contribution in [2.24, 2.45) is 0 Å². The Morgan fingerprint density at radius 3 is 2.25 bits per heavy atom. The van der Waals surface area contributed by atoms with Crippen LogP contribution in [0, 0.1) is 5.21 Å². The van der Waals surface area contributed by atoms with E-state index in [0.29, 0.717) is 10.7 Å². The standard InChI is InChI=1S/C9H10ClNO/c1-7(11(2)12)8-3-5-9(10)6-4-8/h3-6H,1-2H3. The van der Waals surface area contributed by atoms with Gasteiger partial charge in [0, 0.05) is 17.5 Å². The first-order valence-electron chi connectivity index (χ1n) is 3.61. The minimum Gasteiger partial charge on any atom is -0.624 e. The van der Waals surface area contributed by atoms with Gasteiger partial charge in [-0.1, -0.05) is 11.6 Å². The van der Waals surface area contributed by atoms with E-state index in [0.717, 1.165) is 10.3 Å². The molecule has 0 fully saturated rings. The number of hydrogen-bond acceptors (Lipinski definition) is 1. The Kier molecular flexibility index (Phi) is 2.71. The van der Waals surface area contributed by atoms with Crippen LogP contribution in [-0.4, -0.2) is 17.5 Å². The Hall–Kier alpha value is -1.02. The second-order valence-electron chi connectivity index (χ2n) is 2.59. The van der Waals surface area contributed by atoms with Gasteiger partial charge in [-0.25, -0.2) is 4.74 Å². The van der Waals surface area contributed by atoms with Crippen molar-refractivity contribution >= 4 is 17.3 Å². The maximum absolute atomic E-state index is 10.9. The summed E-state index contributed by atoms with van der Waals surface area (Å²) >= 11 is 5.69. The molecule has 0 radical (unpaired) electrons. The monoisotopic (exact) mass is 183 g/mol. The van der Waals surface area contributed by atoms with Gasteiger partial charge >= 0.3 is 0 Å². The number of hydrogen-bond donors (Lipinski definition) is 0. The van der Waals surface area contributed by atoms with Crippen LogP contribution in [-0.2, 0) is 0 Å². The smallest absolute Gasteiger partial charge is 0.191 e. The van der Waals surface area contributed by atoms with Gasteiger partial charge in [0.2, 0.25) is 0 Å². The first-order chi connectivity index (χ1) is 5.61. The topological polar surface area (TPSA) is 26.1 Å². The molecule has 0 aliphatic heterocycles. The average Bonchev–Trinajstić information content (AvgIpc) is 2.04. The van der Waals surface area contributed by atoms with E-state index in [-0.39, 0.29) is 0 Å². The summed E-state index contributed by atoms with van der Waals surface area (Å²) in [5.74, 6) is 0.